The van der Waals surface area contributed by atoms with Gasteiger partial charge in [0.25, 0.3) is 0 Å². The molecule has 22 heavy (non-hydrogen) atoms. The number of rotatable bonds is 5. The zero-order valence-corrected chi connectivity index (χ0v) is 12.9. The van der Waals surface area contributed by atoms with E-state index in [9.17, 15) is 4.79 Å². The van der Waals surface area contributed by atoms with Crippen molar-refractivity contribution < 1.29 is 9.21 Å². The van der Waals surface area contributed by atoms with Gasteiger partial charge in [0.2, 0.25) is 5.91 Å². The quantitative estimate of drug-likeness (QED) is 0.921. The number of hydrogen-bond acceptors (Lipinski definition) is 3. The van der Waals surface area contributed by atoms with Gasteiger partial charge in [-0.2, -0.15) is 0 Å². The summed E-state index contributed by atoms with van der Waals surface area (Å²) >= 11 is 0. The predicted octanol–water partition coefficient (Wildman–Crippen LogP) is 2.28. The molecule has 4 heteroatoms. The lowest BCUT2D eigenvalue weighted by atomic mass is 9.88. The summed E-state index contributed by atoms with van der Waals surface area (Å²) in [5.74, 6) is 1.34. The number of likely N-dealkylation sites (tertiary alicyclic amines) is 1. The molecule has 0 unspecified atom stereocenters. The zero-order chi connectivity index (χ0) is 15.4. The summed E-state index contributed by atoms with van der Waals surface area (Å²) in [6.07, 6.45) is 2.39. The van der Waals surface area contributed by atoms with Gasteiger partial charge in [-0.05, 0) is 24.7 Å². The van der Waals surface area contributed by atoms with Crippen molar-refractivity contribution in [2.45, 2.75) is 12.3 Å². The van der Waals surface area contributed by atoms with Crippen LogP contribution >= 0.6 is 0 Å². The summed E-state index contributed by atoms with van der Waals surface area (Å²) in [5, 5.41) is 3.06. The van der Waals surface area contributed by atoms with Gasteiger partial charge in [-0.15, -0.1) is 0 Å². The highest BCUT2D eigenvalue weighted by Crippen LogP contribution is 2.31. The molecule has 1 aliphatic rings. The molecule has 0 saturated carbocycles. The number of carbonyl (C=O) groups is 1. The lowest BCUT2D eigenvalue weighted by Crippen LogP contribution is -2.35. The van der Waals surface area contributed by atoms with E-state index in [2.05, 4.69) is 29.4 Å². The largest absolute Gasteiger partial charge is 0.469 e. The first-order valence-electron chi connectivity index (χ1n) is 7.77. The molecular weight excluding hydrogens is 276 g/mol. The Morgan fingerprint density at radius 3 is 2.77 bits per heavy atom. The fourth-order valence-corrected chi connectivity index (χ4v) is 3.20. The molecule has 116 valence electrons. The Labute approximate surface area is 131 Å². The minimum atomic E-state index is 0.0176. The molecule has 0 bridgehead atoms. The average Bonchev–Trinajstić information content (AvgIpc) is 3.17. The summed E-state index contributed by atoms with van der Waals surface area (Å²) in [6, 6.07) is 14.1. The van der Waals surface area contributed by atoms with Gasteiger partial charge in [0.05, 0.1) is 12.2 Å². The predicted molar refractivity (Wildman–Crippen MR) is 85.6 cm³/mol. The van der Waals surface area contributed by atoms with Gasteiger partial charge in [-0.25, -0.2) is 0 Å². The molecule has 1 aromatic heterocycles. The van der Waals surface area contributed by atoms with Crippen molar-refractivity contribution in [1.82, 2.24) is 10.2 Å². The second-order valence-electron chi connectivity index (χ2n) is 5.97. The van der Waals surface area contributed by atoms with Crippen molar-refractivity contribution in [1.29, 1.82) is 0 Å². The number of carbonyl (C=O) groups excluding carboxylic acids is 1. The van der Waals surface area contributed by atoms with E-state index in [1.165, 1.54) is 5.56 Å². The minimum Gasteiger partial charge on any atom is -0.469 e. The number of furan rings is 1. The maximum Gasteiger partial charge on any atom is 0.225 e. The number of amides is 1. The third kappa shape index (κ3) is 3.39. The fraction of sp³-hybridized carbons (Fsp3) is 0.389. The Balaban J connectivity index is 1.60. The van der Waals surface area contributed by atoms with Crippen molar-refractivity contribution in [2.24, 2.45) is 5.92 Å². The maximum absolute atomic E-state index is 12.5. The van der Waals surface area contributed by atoms with Crippen LogP contribution in [0.3, 0.4) is 0 Å². The Morgan fingerprint density at radius 1 is 1.23 bits per heavy atom. The van der Waals surface area contributed by atoms with Gasteiger partial charge >= 0.3 is 0 Å². The van der Waals surface area contributed by atoms with E-state index in [0.29, 0.717) is 6.54 Å². The van der Waals surface area contributed by atoms with E-state index in [4.69, 9.17) is 4.42 Å². The summed E-state index contributed by atoms with van der Waals surface area (Å²) in [5.41, 5.74) is 1.25. The number of nitrogens with zero attached hydrogens (tertiary/aromatic N) is 1. The first kappa shape index (κ1) is 14.9. The van der Waals surface area contributed by atoms with Crippen LogP contribution in [0.1, 0.15) is 17.2 Å². The van der Waals surface area contributed by atoms with E-state index in [0.717, 1.165) is 25.3 Å². The van der Waals surface area contributed by atoms with Crippen LogP contribution in [0.5, 0.6) is 0 Å². The lowest BCUT2D eigenvalue weighted by molar-refractivity contribution is -0.124. The van der Waals surface area contributed by atoms with Gasteiger partial charge in [-0.1, -0.05) is 30.3 Å². The molecule has 0 radical (unpaired) electrons. The third-order valence-electron chi connectivity index (χ3n) is 4.32. The first-order chi connectivity index (χ1) is 10.7. The summed E-state index contributed by atoms with van der Waals surface area (Å²) in [7, 11) is 2.08. The molecule has 1 saturated heterocycles. The highest BCUT2D eigenvalue weighted by molar-refractivity contribution is 5.80. The molecule has 1 N–H and O–H groups in total. The molecule has 4 nitrogen and oxygen atoms in total. The monoisotopic (exact) mass is 298 g/mol. The number of hydrogen-bond donors (Lipinski definition) is 1. The Morgan fingerprint density at radius 2 is 2.05 bits per heavy atom. The number of likely N-dealkylation sites (N-methyl/N-ethyl adjacent to an activating group) is 1. The highest BCUT2D eigenvalue weighted by atomic mass is 16.3. The van der Waals surface area contributed by atoms with E-state index in [-0.39, 0.29) is 17.7 Å². The van der Waals surface area contributed by atoms with E-state index >= 15 is 0 Å². The zero-order valence-electron chi connectivity index (χ0n) is 12.9. The molecule has 3 rings (SSSR count). The molecular formula is C18H22N2O2. The second kappa shape index (κ2) is 6.79. The third-order valence-corrected chi connectivity index (χ3v) is 4.32. The topological polar surface area (TPSA) is 45.5 Å². The van der Waals surface area contributed by atoms with Crippen LogP contribution in [0.4, 0.5) is 0 Å². The smallest absolute Gasteiger partial charge is 0.225 e. The van der Waals surface area contributed by atoms with Crippen LogP contribution in [0.15, 0.2) is 53.1 Å². The number of benzene rings is 1. The molecule has 2 atom stereocenters. The lowest BCUT2D eigenvalue weighted by Gasteiger charge is -2.18. The van der Waals surface area contributed by atoms with Crippen LogP contribution in [0, 0.1) is 5.92 Å². The molecule has 2 aromatic rings. The molecule has 1 amide bonds. The average molecular weight is 298 g/mol. The van der Waals surface area contributed by atoms with Crippen molar-refractivity contribution >= 4 is 5.91 Å². The first-order valence-corrected chi connectivity index (χ1v) is 7.77. The normalized spacial score (nSPS) is 21.9. The summed E-state index contributed by atoms with van der Waals surface area (Å²) in [6.45, 7) is 2.36. The molecule has 1 fully saturated rings. The standard InChI is InChI=1S/C18H22N2O2/c1-20-12-16(14-6-3-2-4-7-14)17(13-20)18(21)19-10-9-15-8-5-11-22-15/h2-8,11,16-17H,9-10,12-13H2,1H3,(H,19,21)/t16-,17+/m0/s1. The second-order valence-corrected chi connectivity index (χ2v) is 5.97. The van der Waals surface area contributed by atoms with Crippen LogP contribution in [-0.4, -0.2) is 37.5 Å². The van der Waals surface area contributed by atoms with Crippen molar-refractivity contribution in [3.8, 4) is 0 Å². The van der Waals surface area contributed by atoms with Gasteiger partial charge in [0.15, 0.2) is 0 Å². The van der Waals surface area contributed by atoms with Crippen LogP contribution in [-0.2, 0) is 11.2 Å². The van der Waals surface area contributed by atoms with E-state index in [1.807, 2.05) is 30.3 Å². The van der Waals surface area contributed by atoms with E-state index < -0.39 is 0 Å². The maximum atomic E-state index is 12.5. The summed E-state index contributed by atoms with van der Waals surface area (Å²) < 4.78 is 5.29. The fourth-order valence-electron chi connectivity index (χ4n) is 3.20. The molecule has 0 aliphatic carbocycles. The van der Waals surface area contributed by atoms with Crippen molar-refractivity contribution in [3.05, 3.63) is 60.1 Å². The molecule has 1 aromatic carbocycles. The van der Waals surface area contributed by atoms with E-state index in [1.54, 1.807) is 6.26 Å². The minimum absolute atomic E-state index is 0.0176. The number of nitrogens with one attached hydrogen (secondary N) is 1. The van der Waals surface area contributed by atoms with Gasteiger partial charge in [0.1, 0.15) is 5.76 Å². The Bertz CT molecular complexity index is 595. The van der Waals surface area contributed by atoms with Gasteiger partial charge in [-0.3, -0.25) is 4.79 Å². The van der Waals surface area contributed by atoms with Gasteiger partial charge in [0, 0.05) is 32.0 Å². The Hall–Kier alpha value is -2.07. The highest BCUT2D eigenvalue weighted by Gasteiger charge is 2.36. The molecule has 1 aliphatic heterocycles. The van der Waals surface area contributed by atoms with Crippen LogP contribution < -0.4 is 5.32 Å². The van der Waals surface area contributed by atoms with Crippen molar-refractivity contribution in [2.75, 3.05) is 26.7 Å². The summed E-state index contributed by atoms with van der Waals surface area (Å²) in [4.78, 5) is 14.8. The van der Waals surface area contributed by atoms with Gasteiger partial charge < -0.3 is 14.6 Å². The molecule has 0 spiro atoms. The molecule has 2 heterocycles. The SMILES string of the molecule is CN1C[C@@H](C(=O)NCCc2ccco2)[C@H](c2ccccc2)C1. The van der Waals surface area contributed by atoms with Crippen molar-refractivity contribution in [3.63, 3.8) is 0 Å². The van der Waals surface area contributed by atoms with Crippen LogP contribution in [0.25, 0.3) is 0 Å². The Kier molecular flexibility index (Phi) is 4.59. The van der Waals surface area contributed by atoms with Crippen LogP contribution in [0.2, 0.25) is 0 Å².